The number of amides is 1. The second-order valence-electron chi connectivity index (χ2n) is 6.38. The van der Waals surface area contributed by atoms with Crippen LogP contribution in [0.1, 0.15) is 16.9 Å². The fraction of sp³-hybridized carbons (Fsp3) is 0.471. The number of hydrogen-bond acceptors (Lipinski definition) is 7. The van der Waals surface area contributed by atoms with E-state index in [2.05, 4.69) is 30.2 Å². The maximum Gasteiger partial charge on any atom is 0.271 e. The Labute approximate surface area is 145 Å². The van der Waals surface area contributed by atoms with E-state index in [1.54, 1.807) is 18.6 Å². The summed E-state index contributed by atoms with van der Waals surface area (Å²) in [6, 6.07) is 1.82. The number of piperidine rings is 1. The van der Waals surface area contributed by atoms with E-state index in [0.29, 0.717) is 24.1 Å². The molecule has 0 unspecified atom stereocenters. The SMILES string of the molecule is O=C(NC[C@@H]1OC[C@H]2CCN(c3ncccn3)C[C@H]21)c1cnccn1. The van der Waals surface area contributed by atoms with E-state index < -0.39 is 0 Å². The lowest BCUT2D eigenvalue weighted by Gasteiger charge is -2.35. The van der Waals surface area contributed by atoms with Gasteiger partial charge in [0, 0.05) is 50.3 Å². The molecule has 2 aliphatic heterocycles. The highest BCUT2D eigenvalue weighted by Gasteiger charge is 2.41. The van der Waals surface area contributed by atoms with E-state index in [1.807, 2.05) is 6.07 Å². The van der Waals surface area contributed by atoms with Crippen molar-refractivity contribution in [2.45, 2.75) is 12.5 Å². The monoisotopic (exact) mass is 340 g/mol. The summed E-state index contributed by atoms with van der Waals surface area (Å²) in [7, 11) is 0. The minimum Gasteiger partial charge on any atom is -0.376 e. The second kappa shape index (κ2) is 7.10. The third-order valence-corrected chi connectivity index (χ3v) is 4.90. The van der Waals surface area contributed by atoms with Gasteiger partial charge in [-0.3, -0.25) is 9.78 Å². The fourth-order valence-corrected chi connectivity index (χ4v) is 3.58. The molecular weight excluding hydrogens is 320 g/mol. The van der Waals surface area contributed by atoms with Gasteiger partial charge in [0.05, 0.1) is 18.9 Å². The summed E-state index contributed by atoms with van der Waals surface area (Å²) in [6.45, 7) is 3.01. The van der Waals surface area contributed by atoms with Crippen LogP contribution < -0.4 is 10.2 Å². The third kappa shape index (κ3) is 3.43. The molecule has 8 nitrogen and oxygen atoms in total. The van der Waals surface area contributed by atoms with Crippen molar-refractivity contribution in [2.75, 3.05) is 31.1 Å². The van der Waals surface area contributed by atoms with E-state index in [-0.39, 0.29) is 12.0 Å². The summed E-state index contributed by atoms with van der Waals surface area (Å²) in [6.07, 6.45) is 9.09. The van der Waals surface area contributed by atoms with E-state index in [4.69, 9.17) is 4.74 Å². The van der Waals surface area contributed by atoms with Crippen molar-refractivity contribution in [1.82, 2.24) is 25.3 Å². The van der Waals surface area contributed by atoms with Crippen LogP contribution >= 0.6 is 0 Å². The summed E-state index contributed by atoms with van der Waals surface area (Å²) >= 11 is 0. The zero-order valence-corrected chi connectivity index (χ0v) is 13.8. The lowest BCUT2D eigenvalue weighted by Crippen LogP contribution is -2.46. The molecule has 2 aliphatic rings. The van der Waals surface area contributed by atoms with E-state index >= 15 is 0 Å². The first-order valence-electron chi connectivity index (χ1n) is 8.49. The number of anilines is 1. The Balaban J connectivity index is 1.37. The second-order valence-corrected chi connectivity index (χ2v) is 6.38. The molecule has 1 N–H and O–H groups in total. The van der Waals surface area contributed by atoms with Gasteiger partial charge < -0.3 is 15.0 Å². The van der Waals surface area contributed by atoms with Crippen LogP contribution in [0.2, 0.25) is 0 Å². The highest BCUT2D eigenvalue weighted by Crippen LogP contribution is 2.34. The van der Waals surface area contributed by atoms with Crippen LogP contribution in [0.25, 0.3) is 0 Å². The van der Waals surface area contributed by atoms with Gasteiger partial charge in [-0.2, -0.15) is 0 Å². The quantitative estimate of drug-likeness (QED) is 0.868. The zero-order valence-electron chi connectivity index (χ0n) is 13.8. The van der Waals surface area contributed by atoms with Crippen molar-refractivity contribution in [3.8, 4) is 0 Å². The van der Waals surface area contributed by atoms with Crippen LogP contribution in [0.4, 0.5) is 5.95 Å². The molecule has 2 saturated heterocycles. The number of aromatic nitrogens is 4. The van der Waals surface area contributed by atoms with E-state index in [9.17, 15) is 4.79 Å². The van der Waals surface area contributed by atoms with E-state index in [1.165, 1.54) is 12.4 Å². The molecule has 4 heterocycles. The topological polar surface area (TPSA) is 93.1 Å². The molecule has 8 heteroatoms. The predicted molar refractivity (Wildman–Crippen MR) is 89.9 cm³/mol. The number of nitrogens with zero attached hydrogens (tertiary/aromatic N) is 5. The van der Waals surface area contributed by atoms with Crippen LogP contribution in [-0.2, 0) is 4.74 Å². The van der Waals surface area contributed by atoms with Crippen LogP contribution in [0.3, 0.4) is 0 Å². The van der Waals surface area contributed by atoms with Gasteiger partial charge >= 0.3 is 0 Å². The largest absolute Gasteiger partial charge is 0.376 e. The lowest BCUT2D eigenvalue weighted by atomic mass is 9.84. The first-order valence-corrected chi connectivity index (χ1v) is 8.49. The number of ether oxygens (including phenoxy) is 1. The number of carbonyl (C=O) groups excluding carboxylic acids is 1. The molecule has 0 radical (unpaired) electrons. The Morgan fingerprint density at radius 1 is 1.24 bits per heavy atom. The highest BCUT2D eigenvalue weighted by atomic mass is 16.5. The van der Waals surface area contributed by atoms with Crippen LogP contribution in [0.15, 0.2) is 37.1 Å². The maximum atomic E-state index is 12.1. The van der Waals surface area contributed by atoms with Gasteiger partial charge in [0.15, 0.2) is 0 Å². The molecule has 4 rings (SSSR count). The lowest BCUT2D eigenvalue weighted by molar-refractivity contribution is 0.0779. The third-order valence-electron chi connectivity index (χ3n) is 4.90. The predicted octanol–water partition coefficient (Wildman–Crippen LogP) is 0.538. The van der Waals surface area contributed by atoms with Crippen molar-refractivity contribution in [2.24, 2.45) is 11.8 Å². The van der Waals surface area contributed by atoms with Crippen molar-refractivity contribution in [1.29, 1.82) is 0 Å². The van der Waals surface area contributed by atoms with Crippen molar-refractivity contribution in [3.63, 3.8) is 0 Å². The molecule has 1 amide bonds. The molecule has 130 valence electrons. The highest BCUT2D eigenvalue weighted by molar-refractivity contribution is 5.91. The Morgan fingerprint density at radius 3 is 2.92 bits per heavy atom. The Morgan fingerprint density at radius 2 is 2.12 bits per heavy atom. The molecule has 2 aromatic heterocycles. The summed E-state index contributed by atoms with van der Waals surface area (Å²) in [5.74, 6) is 1.42. The molecule has 0 bridgehead atoms. The molecule has 0 spiro atoms. The minimum atomic E-state index is -0.223. The number of carbonyl (C=O) groups is 1. The molecule has 25 heavy (non-hydrogen) atoms. The van der Waals surface area contributed by atoms with Gasteiger partial charge in [-0.25, -0.2) is 15.0 Å². The zero-order chi connectivity index (χ0) is 17.1. The summed E-state index contributed by atoms with van der Waals surface area (Å²) in [4.78, 5) is 31.0. The molecular formula is C17H20N6O2. The first kappa shape index (κ1) is 15.9. The average Bonchev–Trinajstić information content (AvgIpc) is 3.10. The van der Waals surface area contributed by atoms with Crippen LogP contribution in [-0.4, -0.2) is 58.2 Å². The molecule has 0 aromatic carbocycles. The standard InChI is InChI=1S/C17H20N6O2/c24-16(14-8-18-5-6-19-14)22-9-15-13-10-23(7-2-12(13)11-25-15)17-20-3-1-4-21-17/h1,3-6,8,12-13,15H,2,7,9-11H2,(H,22,24)/t12-,13-,15+/m1/s1. The average molecular weight is 340 g/mol. The number of fused-ring (bicyclic) bond motifs is 1. The Kier molecular flexibility index (Phi) is 4.51. The van der Waals surface area contributed by atoms with Crippen LogP contribution in [0, 0.1) is 11.8 Å². The first-order chi connectivity index (χ1) is 12.3. The molecule has 2 aromatic rings. The maximum absolute atomic E-state index is 12.1. The minimum absolute atomic E-state index is 0.00265. The Hall–Kier alpha value is -2.61. The summed E-state index contributed by atoms with van der Waals surface area (Å²) in [5.41, 5.74) is 0.319. The van der Waals surface area contributed by atoms with Gasteiger partial charge in [0.2, 0.25) is 5.95 Å². The normalized spacial score (nSPS) is 25.4. The van der Waals surface area contributed by atoms with Gasteiger partial charge in [0.1, 0.15) is 5.69 Å². The number of rotatable bonds is 4. The smallest absolute Gasteiger partial charge is 0.271 e. The van der Waals surface area contributed by atoms with Gasteiger partial charge in [-0.05, 0) is 18.4 Å². The van der Waals surface area contributed by atoms with Gasteiger partial charge in [0.25, 0.3) is 5.91 Å². The van der Waals surface area contributed by atoms with Crippen molar-refractivity contribution >= 4 is 11.9 Å². The van der Waals surface area contributed by atoms with Crippen LogP contribution in [0.5, 0.6) is 0 Å². The van der Waals surface area contributed by atoms with Gasteiger partial charge in [-0.15, -0.1) is 0 Å². The number of hydrogen-bond donors (Lipinski definition) is 1. The van der Waals surface area contributed by atoms with Crippen molar-refractivity contribution in [3.05, 3.63) is 42.7 Å². The Bertz CT molecular complexity index is 714. The fourth-order valence-electron chi connectivity index (χ4n) is 3.58. The summed E-state index contributed by atoms with van der Waals surface area (Å²) in [5, 5.41) is 2.91. The van der Waals surface area contributed by atoms with Crippen molar-refractivity contribution < 1.29 is 9.53 Å². The molecule has 2 fully saturated rings. The molecule has 0 saturated carbocycles. The molecule has 0 aliphatic carbocycles. The summed E-state index contributed by atoms with van der Waals surface area (Å²) < 4.78 is 5.95. The number of nitrogens with one attached hydrogen (secondary N) is 1. The molecule has 3 atom stereocenters. The van der Waals surface area contributed by atoms with E-state index in [0.717, 1.165) is 32.1 Å². The van der Waals surface area contributed by atoms with Gasteiger partial charge in [-0.1, -0.05) is 0 Å².